The zero-order chi connectivity index (χ0) is 41.6. The fourth-order valence-corrected chi connectivity index (χ4v) is 4.31. The molecular formula is C31H57F3N10O9. The van der Waals surface area contributed by atoms with Gasteiger partial charge in [0.15, 0.2) is 5.96 Å². The lowest BCUT2D eigenvalue weighted by molar-refractivity contribution is -0.192. The van der Waals surface area contributed by atoms with Gasteiger partial charge in [-0.1, -0.05) is 48.0 Å². The number of guanidine groups is 1. The van der Waals surface area contributed by atoms with E-state index in [-0.39, 0.29) is 43.1 Å². The molecule has 0 rings (SSSR count). The molecule has 19 nitrogen and oxygen atoms in total. The number of aliphatic hydroxyl groups is 1. The molecule has 0 aliphatic heterocycles. The molecule has 0 fully saturated rings. The molecule has 0 unspecified atom stereocenters. The van der Waals surface area contributed by atoms with Gasteiger partial charge in [0.05, 0.1) is 13.2 Å². The van der Waals surface area contributed by atoms with Gasteiger partial charge in [0.1, 0.15) is 30.2 Å². The van der Waals surface area contributed by atoms with Crippen molar-refractivity contribution in [3.05, 3.63) is 0 Å². The van der Waals surface area contributed by atoms with Crippen LogP contribution in [0.2, 0.25) is 0 Å². The Labute approximate surface area is 306 Å². The van der Waals surface area contributed by atoms with Crippen LogP contribution >= 0.6 is 0 Å². The number of alkyl halides is 3. The first-order valence-corrected chi connectivity index (χ1v) is 16.9. The number of aliphatic imine (C=N–C) groups is 1. The molecule has 6 amide bonds. The van der Waals surface area contributed by atoms with Gasteiger partial charge >= 0.3 is 12.1 Å². The van der Waals surface area contributed by atoms with Crippen molar-refractivity contribution < 1.29 is 56.9 Å². The Balaban J connectivity index is 0. The molecule has 0 bridgehead atoms. The maximum absolute atomic E-state index is 13.2. The van der Waals surface area contributed by atoms with Crippen molar-refractivity contribution in [1.82, 2.24) is 26.6 Å². The Morgan fingerprint density at radius 2 is 1.25 bits per heavy atom. The molecule has 0 aromatic rings. The molecule has 0 spiro atoms. The molecule has 0 heterocycles. The van der Waals surface area contributed by atoms with E-state index >= 15 is 0 Å². The quantitative estimate of drug-likeness (QED) is 0.0314. The number of aliphatic carboxylic acids is 1. The topological polar surface area (TPSA) is 337 Å². The standard InChI is InChI=1S/C29H56N10O7.C2HF3O2/c1-7-17(6)23(39-27(45)21(12-16(4)5)38-25(43)18(30)14-40)28(46)35-13-22(41)36-19(9-8-10-34-29(32)33)26(44)37-20(24(31)42)11-15(2)3;3-2(4,5)1(6)7/h15-21,23,40H,7-14,30H2,1-6H3,(H2,31,42)(H,35,46)(H,36,41)(H,37,44)(H,38,43)(H,39,45)(H4,32,33,34);(H,6,7)/t17-,18-,19-,20-,21-,23-;/m0./s1. The molecule has 0 aliphatic carbocycles. The number of carbonyl (C=O) groups is 7. The van der Waals surface area contributed by atoms with Crippen molar-refractivity contribution in [2.75, 3.05) is 19.7 Å². The van der Waals surface area contributed by atoms with Crippen molar-refractivity contribution in [2.45, 2.75) is 110 Å². The highest BCUT2D eigenvalue weighted by atomic mass is 19.4. The molecule has 0 aliphatic rings. The van der Waals surface area contributed by atoms with Crippen molar-refractivity contribution in [3.63, 3.8) is 0 Å². The van der Waals surface area contributed by atoms with E-state index in [1.807, 2.05) is 34.6 Å². The molecule has 15 N–H and O–H groups in total. The van der Waals surface area contributed by atoms with E-state index in [0.717, 1.165) is 0 Å². The van der Waals surface area contributed by atoms with Crippen LogP contribution in [0.1, 0.15) is 73.6 Å². The predicted molar refractivity (Wildman–Crippen MR) is 187 cm³/mol. The first-order valence-electron chi connectivity index (χ1n) is 16.9. The molecule has 0 radical (unpaired) electrons. The summed E-state index contributed by atoms with van der Waals surface area (Å²) in [6.07, 6.45) is -3.62. The number of nitrogens with two attached hydrogens (primary N) is 4. The Kier molecular flexibility index (Phi) is 24.0. The van der Waals surface area contributed by atoms with Crippen LogP contribution in [0.25, 0.3) is 0 Å². The zero-order valence-corrected chi connectivity index (χ0v) is 30.9. The number of rotatable bonds is 22. The summed E-state index contributed by atoms with van der Waals surface area (Å²) in [5.41, 5.74) is 21.7. The van der Waals surface area contributed by atoms with E-state index in [0.29, 0.717) is 19.3 Å². The highest BCUT2D eigenvalue weighted by molar-refractivity contribution is 5.95. The molecule has 0 aromatic heterocycles. The zero-order valence-electron chi connectivity index (χ0n) is 30.9. The number of halogens is 3. The van der Waals surface area contributed by atoms with E-state index < -0.39 is 90.9 Å². The Morgan fingerprint density at radius 3 is 1.68 bits per heavy atom. The Bertz CT molecular complexity index is 1250. The highest BCUT2D eigenvalue weighted by Crippen LogP contribution is 2.13. The fourth-order valence-electron chi connectivity index (χ4n) is 4.31. The lowest BCUT2D eigenvalue weighted by atomic mass is 9.96. The second kappa shape index (κ2) is 25.3. The molecule has 53 heavy (non-hydrogen) atoms. The highest BCUT2D eigenvalue weighted by Gasteiger charge is 2.38. The smallest absolute Gasteiger partial charge is 0.475 e. The number of nitrogens with zero attached hydrogens (tertiary/aromatic N) is 1. The monoisotopic (exact) mass is 770 g/mol. The Morgan fingerprint density at radius 1 is 0.755 bits per heavy atom. The molecule has 0 aromatic carbocycles. The average Bonchev–Trinajstić information content (AvgIpc) is 3.04. The first-order chi connectivity index (χ1) is 24.4. The van der Waals surface area contributed by atoms with Crippen LogP contribution in [0, 0.1) is 17.8 Å². The number of aliphatic hydroxyl groups excluding tert-OH is 1. The van der Waals surface area contributed by atoms with Crippen LogP contribution in [-0.2, 0) is 33.6 Å². The number of carboxylic acids is 1. The Hall–Kier alpha value is -4.73. The molecule has 22 heteroatoms. The lowest BCUT2D eigenvalue weighted by Crippen LogP contribution is -2.58. The number of hydrogen-bond acceptors (Lipinski definition) is 10. The molecule has 306 valence electrons. The van der Waals surface area contributed by atoms with Gasteiger partial charge < -0.3 is 59.7 Å². The average molecular weight is 771 g/mol. The molecule has 0 saturated carbocycles. The van der Waals surface area contributed by atoms with Gasteiger partial charge in [0, 0.05) is 6.54 Å². The summed E-state index contributed by atoms with van der Waals surface area (Å²) in [5.74, 6) is -7.25. The van der Waals surface area contributed by atoms with Gasteiger partial charge in [0.2, 0.25) is 35.4 Å². The molecule has 0 saturated heterocycles. The van der Waals surface area contributed by atoms with E-state index in [1.165, 1.54) is 0 Å². The van der Waals surface area contributed by atoms with E-state index in [2.05, 4.69) is 31.6 Å². The number of primary amides is 1. The number of amides is 6. The summed E-state index contributed by atoms with van der Waals surface area (Å²) in [5, 5.41) is 29.1. The van der Waals surface area contributed by atoms with Crippen molar-refractivity contribution in [2.24, 2.45) is 45.7 Å². The van der Waals surface area contributed by atoms with Gasteiger partial charge in [-0.05, 0) is 43.4 Å². The summed E-state index contributed by atoms with van der Waals surface area (Å²) in [4.78, 5) is 89.3. The number of nitrogens with one attached hydrogen (secondary N) is 5. The lowest BCUT2D eigenvalue weighted by Gasteiger charge is -2.27. The van der Waals surface area contributed by atoms with Crippen molar-refractivity contribution >= 4 is 47.4 Å². The van der Waals surface area contributed by atoms with Gasteiger partial charge in [-0.15, -0.1) is 0 Å². The van der Waals surface area contributed by atoms with Gasteiger partial charge in [-0.25, -0.2) is 4.79 Å². The van der Waals surface area contributed by atoms with Crippen LogP contribution in [0.4, 0.5) is 13.2 Å². The third kappa shape index (κ3) is 22.7. The third-order valence-electron chi connectivity index (χ3n) is 7.30. The van der Waals surface area contributed by atoms with Gasteiger partial charge in [0.25, 0.3) is 0 Å². The van der Waals surface area contributed by atoms with E-state index in [1.54, 1.807) is 6.92 Å². The first kappa shape index (κ1) is 50.4. The third-order valence-corrected chi connectivity index (χ3v) is 7.30. The number of hydrogen-bond donors (Lipinski definition) is 11. The summed E-state index contributed by atoms with van der Waals surface area (Å²) >= 11 is 0. The summed E-state index contributed by atoms with van der Waals surface area (Å²) < 4.78 is 31.7. The SMILES string of the molecule is CC[C@H](C)[C@H](NC(=O)[C@H](CC(C)C)NC(=O)[C@@H](N)CO)C(=O)NCC(=O)N[C@@H](CCCN=C(N)N)C(=O)N[C@@H](CC(C)C)C(N)=O.O=C(O)C(F)(F)F. The van der Waals surface area contributed by atoms with Crippen molar-refractivity contribution in [3.8, 4) is 0 Å². The number of carboxylic acid groups (broad SMARTS) is 1. The van der Waals surface area contributed by atoms with Gasteiger partial charge in [-0.3, -0.25) is 33.8 Å². The molecular weight excluding hydrogens is 713 g/mol. The second-order valence-corrected chi connectivity index (χ2v) is 13.0. The minimum absolute atomic E-state index is 0.00536. The maximum atomic E-state index is 13.2. The van der Waals surface area contributed by atoms with E-state index in [4.69, 9.17) is 32.8 Å². The largest absolute Gasteiger partial charge is 0.490 e. The maximum Gasteiger partial charge on any atom is 0.490 e. The van der Waals surface area contributed by atoms with Crippen LogP contribution in [0.5, 0.6) is 0 Å². The second-order valence-electron chi connectivity index (χ2n) is 13.0. The summed E-state index contributed by atoms with van der Waals surface area (Å²) in [6.45, 7) is 10.0. The molecule has 6 atom stereocenters. The summed E-state index contributed by atoms with van der Waals surface area (Å²) in [7, 11) is 0. The minimum atomic E-state index is -5.08. The number of carbonyl (C=O) groups excluding carboxylic acids is 6. The van der Waals surface area contributed by atoms with E-state index in [9.17, 15) is 47.0 Å². The van der Waals surface area contributed by atoms with Gasteiger partial charge in [-0.2, -0.15) is 13.2 Å². The van der Waals surface area contributed by atoms with Crippen LogP contribution < -0.4 is 49.5 Å². The minimum Gasteiger partial charge on any atom is -0.475 e. The predicted octanol–water partition coefficient (Wildman–Crippen LogP) is -2.33. The normalized spacial score (nSPS) is 14.5. The summed E-state index contributed by atoms with van der Waals surface area (Å²) in [6, 6.07) is -5.35. The fraction of sp³-hybridized carbons (Fsp3) is 0.742. The van der Waals surface area contributed by atoms with Crippen LogP contribution in [0.15, 0.2) is 4.99 Å². The van der Waals surface area contributed by atoms with Crippen molar-refractivity contribution in [1.29, 1.82) is 0 Å². The van der Waals surface area contributed by atoms with Crippen LogP contribution in [-0.4, -0.2) is 114 Å². The van der Waals surface area contributed by atoms with Crippen LogP contribution in [0.3, 0.4) is 0 Å².